The SMILES string of the molecule is CC(C)(C(=O)NC1CCS(=O)(=O)C1)c1ccc2c(c1)OCCO2. The van der Waals surface area contributed by atoms with Gasteiger partial charge in [-0.2, -0.15) is 0 Å². The Hall–Kier alpha value is -1.76. The maximum atomic E-state index is 12.6. The maximum absolute atomic E-state index is 12.6. The molecule has 1 amide bonds. The average Bonchev–Trinajstić information content (AvgIpc) is 2.85. The van der Waals surface area contributed by atoms with Crippen LogP contribution in [0.3, 0.4) is 0 Å². The molecule has 7 heteroatoms. The summed E-state index contributed by atoms with van der Waals surface area (Å²) >= 11 is 0. The highest BCUT2D eigenvalue weighted by molar-refractivity contribution is 7.91. The first kappa shape index (κ1) is 16.1. The second-order valence-electron chi connectivity index (χ2n) is 6.56. The first-order valence-electron chi connectivity index (χ1n) is 7.69. The summed E-state index contributed by atoms with van der Waals surface area (Å²) in [7, 11) is -3.01. The molecule has 1 N–H and O–H groups in total. The zero-order chi connectivity index (χ0) is 16.7. The molecule has 1 atom stereocenters. The second kappa shape index (κ2) is 5.70. The highest BCUT2D eigenvalue weighted by Gasteiger charge is 2.35. The summed E-state index contributed by atoms with van der Waals surface area (Å²) in [5, 5.41) is 2.86. The van der Waals surface area contributed by atoms with Crippen molar-refractivity contribution < 1.29 is 22.7 Å². The Balaban J connectivity index is 1.76. The molecule has 0 bridgehead atoms. The number of rotatable bonds is 3. The van der Waals surface area contributed by atoms with Crippen molar-refractivity contribution in [2.45, 2.75) is 31.7 Å². The van der Waals surface area contributed by atoms with Gasteiger partial charge in [-0.3, -0.25) is 4.79 Å². The van der Waals surface area contributed by atoms with Crippen LogP contribution in [0.1, 0.15) is 25.8 Å². The molecule has 2 aliphatic heterocycles. The molecule has 2 aliphatic rings. The van der Waals surface area contributed by atoms with Crippen molar-refractivity contribution in [3.05, 3.63) is 23.8 Å². The molecule has 23 heavy (non-hydrogen) atoms. The summed E-state index contributed by atoms with van der Waals surface area (Å²) < 4.78 is 34.1. The van der Waals surface area contributed by atoms with Gasteiger partial charge in [0.25, 0.3) is 0 Å². The van der Waals surface area contributed by atoms with E-state index in [1.807, 2.05) is 26.0 Å². The van der Waals surface area contributed by atoms with E-state index >= 15 is 0 Å². The Morgan fingerprint density at radius 3 is 2.57 bits per heavy atom. The van der Waals surface area contributed by atoms with Crippen LogP contribution in [0.5, 0.6) is 11.5 Å². The third-order valence-corrected chi connectivity index (χ3v) is 6.17. The number of carbonyl (C=O) groups is 1. The van der Waals surface area contributed by atoms with Crippen molar-refractivity contribution in [2.24, 2.45) is 0 Å². The first-order valence-corrected chi connectivity index (χ1v) is 9.51. The number of amides is 1. The van der Waals surface area contributed by atoms with Gasteiger partial charge in [-0.25, -0.2) is 8.42 Å². The van der Waals surface area contributed by atoms with Gasteiger partial charge in [0.15, 0.2) is 21.3 Å². The smallest absolute Gasteiger partial charge is 0.230 e. The van der Waals surface area contributed by atoms with Gasteiger partial charge in [0, 0.05) is 6.04 Å². The second-order valence-corrected chi connectivity index (χ2v) is 8.79. The molecule has 0 spiro atoms. The van der Waals surface area contributed by atoms with Crippen LogP contribution in [0.4, 0.5) is 0 Å². The van der Waals surface area contributed by atoms with E-state index in [1.165, 1.54) is 0 Å². The van der Waals surface area contributed by atoms with Crippen molar-refractivity contribution in [3.63, 3.8) is 0 Å². The highest BCUT2D eigenvalue weighted by Crippen LogP contribution is 2.35. The fourth-order valence-electron chi connectivity index (χ4n) is 2.84. The van der Waals surface area contributed by atoms with E-state index in [4.69, 9.17) is 9.47 Å². The Labute approximate surface area is 136 Å². The van der Waals surface area contributed by atoms with E-state index in [-0.39, 0.29) is 23.5 Å². The zero-order valence-corrected chi connectivity index (χ0v) is 14.1. The fraction of sp³-hybridized carbons (Fsp3) is 0.562. The Morgan fingerprint density at radius 2 is 1.91 bits per heavy atom. The van der Waals surface area contributed by atoms with E-state index in [0.29, 0.717) is 31.1 Å². The van der Waals surface area contributed by atoms with Crippen molar-refractivity contribution in [1.82, 2.24) is 5.32 Å². The molecule has 1 fully saturated rings. The number of ether oxygens (including phenoxy) is 2. The molecule has 0 radical (unpaired) electrons. The molecule has 2 heterocycles. The van der Waals surface area contributed by atoms with Gasteiger partial charge < -0.3 is 14.8 Å². The lowest BCUT2D eigenvalue weighted by Crippen LogP contribution is -2.45. The van der Waals surface area contributed by atoms with Crippen LogP contribution in [0, 0.1) is 0 Å². The molecule has 0 aromatic heterocycles. The summed E-state index contributed by atoms with van der Waals surface area (Å²) in [6.07, 6.45) is 0.477. The fourth-order valence-corrected chi connectivity index (χ4v) is 4.51. The summed E-state index contributed by atoms with van der Waals surface area (Å²) in [6, 6.07) is 5.17. The van der Waals surface area contributed by atoms with Crippen LogP contribution < -0.4 is 14.8 Å². The Kier molecular flexibility index (Phi) is 4.00. The molecular formula is C16H21NO5S. The van der Waals surface area contributed by atoms with Crippen LogP contribution >= 0.6 is 0 Å². The third kappa shape index (κ3) is 3.29. The molecule has 1 aromatic rings. The molecule has 0 aliphatic carbocycles. The van der Waals surface area contributed by atoms with Crippen LogP contribution in [0.15, 0.2) is 18.2 Å². The predicted molar refractivity (Wildman–Crippen MR) is 85.7 cm³/mol. The lowest BCUT2D eigenvalue weighted by molar-refractivity contribution is -0.126. The molecule has 3 rings (SSSR count). The van der Waals surface area contributed by atoms with E-state index in [2.05, 4.69) is 5.32 Å². The molecule has 1 saturated heterocycles. The van der Waals surface area contributed by atoms with E-state index in [1.54, 1.807) is 6.07 Å². The molecule has 0 saturated carbocycles. The minimum Gasteiger partial charge on any atom is -0.486 e. The monoisotopic (exact) mass is 339 g/mol. The summed E-state index contributed by atoms with van der Waals surface area (Å²) in [5.41, 5.74) is 0.0162. The molecule has 126 valence electrons. The number of sulfone groups is 1. The first-order chi connectivity index (χ1) is 10.8. The van der Waals surface area contributed by atoms with Crippen molar-refractivity contribution in [3.8, 4) is 11.5 Å². The predicted octanol–water partition coefficient (Wildman–Crippen LogP) is 1.04. The van der Waals surface area contributed by atoms with Gasteiger partial charge in [0.2, 0.25) is 5.91 Å². The van der Waals surface area contributed by atoms with Crippen LogP contribution in [0.25, 0.3) is 0 Å². The van der Waals surface area contributed by atoms with Gasteiger partial charge in [0.05, 0.1) is 16.9 Å². The van der Waals surface area contributed by atoms with Gasteiger partial charge >= 0.3 is 0 Å². The molecule has 6 nitrogen and oxygen atoms in total. The number of hydrogen-bond acceptors (Lipinski definition) is 5. The number of hydrogen-bond donors (Lipinski definition) is 1. The minimum absolute atomic E-state index is 0.0238. The highest BCUT2D eigenvalue weighted by atomic mass is 32.2. The van der Waals surface area contributed by atoms with Crippen LogP contribution in [0.2, 0.25) is 0 Å². The lowest BCUT2D eigenvalue weighted by Gasteiger charge is -2.28. The molecular weight excluding hydrogens is 318 g/mol. The van der Waals surface area contributed by atoms with Crippen LogP contribution in [-0.4, -0.2) is 45.1 Å². The number of fused-ring (bicyclic) bond motifs is 1. The number of carbonyl (C=O) groups excluding carboxylic acids is 1. The quantitative estimate of drug-likeness (QED) is 0.890. The van der Waals surface area contributed by atoms with E-state index < -0.39 is 15.3 Å². The topological polar surface area (TPSA) is 81.7 Å². The summed E-state index contributed by atoms with van der Waals surface area (Å²) in [6.45, 7) is 4.64. The summed E-state index contributed by atoms with van der Waals surface area (Å²) in [4.78, 5) is 12.6. The summed E-state index contributed by atoms with van der Waals surface area (Å²) in [5.74, 6) is 1.30. The molecule has 1 aromatic carbocycles. The van der Waals surface area contributed by atoms with Gasteiger partial charge in [0.1, 0.15) is 13.2 Å². The largest absolute Gasteiger partial charge is 0.486 e. The third-order valence-electron chi connectivity index (χ3n) is 4.40. The Bertz CT molecular complexity index is 726. The Morgan fingerprint density at radius 1 is 1.22 bits per heavy atom. The van der Waals surface area contributed by atoms with Crippen molar-refractivity contribution >= 4 is 15.7 Å². The van der Waals surface area contributed by atoms with Gasteiger partial charge in [-0.1, -0.05) is 6.07 Å². The average molecular weight is 339 g/mol. The normalized spacial score (nSPS) is 22.6. The van der Waals surface area contributed by atoms with E-state index in [9.17, 15) is 13.2 Å². The maximum Gasteiger partial charge on any atom is 0.230 e. The van der Waals surface area contributed by atoms with Crippen LogP contribution in [-0.2, 0) is 20.0 Å². The standard InChI is InChI=1S/C16H21NO5S/c1-16(2,15(18)17-12-5-8-23(19,20)10-12)11-3-4-13-14(9-11)22-7-6-21-13/h3-4,9,12H,5-8,10H2,1-2H3,(H,17,18). The number of nitrogens with one attached hydrogen (secondary N) is 1. The molecule has 1 unspecified atom stereocenters. The van der Waals surface area contributed by atoms with E-state index in [0.717, 1.165) is 5.56 Å². The van der Waals surface area contributed by atoms with Gasteiger partial charge in [-0.15, -0.1) is 0 Å². The zero-order valence-electron chi connectivity index (χ0n) is 13.3. The van der Waals surface area contributed by atoms with Gasteiger partial charge in [-0.05, 0) is 38.0 Å². The van der Waals surface area contributed by atoms with Crippen molar-refractivity contribution in [1.29, 1.82) is 0 Å². The lowest BCUT2D eigenvalue weighted by atomic mass is 9.83. The number of benzene rings is 1. The minimum atomic E-state index is -3.01. The van der Waals surface area contributed by atoms with Crippen molar-refractivity contribution in [2.75, 3.05) is 24.7 Å².